The third-order valence-electron chi connectivity index (χ3n) is 5.46. The van der Waals surface area contributed by atoms with E-state index < -0.39 is 24.2 Å². The van der Waals surface area contributed by atoms with Gasteiger partial charge in [-0.15, -0.1) is 0 Å². The van der Waals surface area contributed by atoms with Crippen molar-refractivity contribution in [1.82, 2.24) is 5.01 Å². The Balaban J connectivity index is 1.59. The number of hydrogen-bond donors (Lipinski definition) is 3. The molecule has 1 aliphatic rings. The van der Waals surface area contributed by atoms with Crippen LogP contribution in [-0.2, 0) is 9.59 Å². The SMILES string of the molecule is NC(=NC(=O)c1ccc(Cl)cc1)N1CC(c2ccccc2)C(c2ccc(NC(=O)CC(=O)O)cc2)=N1. The quantitative estimate of drug-likeness (QED) is 0.266. The molecule has 1 heterocycles. The summed E-state index contributed by atoms with van der Waals surface area (Å²) in [7, 11) is 0. The number of nitrogens with one attached hydrogen (secondary N) is 1. The first-order chi connectivity index (χ1) is 17.3. The van der Waals surface area contributed by atoms with Gasteiger partial charge in [-0.3, -0.25) is 14.4 Å². The van der Waals surface area contributed by atoms with E-state index in [1.165, 1.54) is 5.01 Å². The predicted octanol–water partition coefficient (Wildman–Crippen LogP) is 3.71. The van der Waals surface area contributed by atoms with Crippen molar-refractivity contribution in [3.63, 3.8) is 0 Å². The van der Waals surface area contributed by atoms with E-state index >= 15 is 0 Å². The Kier molecular flexibility index (Phi) is 7.41. The Morgan fingerprint density at radius 2 is 1.69 bits per heavy atom. The third-order valence-corrected chi connectivity index (χ3v) is 5.72. The number of carbonyl (C=O) groups excluding carboxylic acids is 2. The third kappa shape index (κ3) is 5.94. The monoisotopic (exact) mass is 503 g/mol. The number of carboxylic acids is 1. The highest BCUT2D eigenvalue weighted by atomic mass is 35.5. The molecule has 0 aromatic heterocycles. The Bertz CT molecular complexity index is 1340. The number of amides is 2. The molecular formula is C26H22ClN5O4. The molecule has 3 aromatic carbocycles. The second-order valence-electron chi connectivity index (χ2n) is 8.01. The molecule has 1 atom stereocenters. The molecule has 9 nitrogen and oxygen atoms in total. The summed E-state index contributed by atoms with van der Waals surface area (Å²) in [6.45, 7) is 0.375. The molecule has 36 heavy (non-hydrogen) atoms. The van der Waals surface area contributed by atoms with Crippen molar-refractivity contribution in [3.05, 3.63) is 101 Å². The van der Waals surface area contributed by atoms with Gasteiger partial charge < -0.3 is 16.2 Å². The Hall–Kier alpha value is -4.50. The normalized spacial score (nSPS) is 15.4. The minimum atomic E-state index is -1.20. The van der Waals surface area contributed by atoms with Crippen LogP contribution in [0, 0.1) is 0 Å². The van der Waals surface area contributed by atoms with Crippen LogP contribution in [0.1, 0.15) is 33.8 Å². The zero-order valence-electron chi connectivity index (χ0n) is 19.0. The van der Waals surface area contributed by atoms with Crippen molar-refractivity contribution < 1.29 is 19.5 Å². The van der Waals surface area contributed by atoms with Gasteiger partial charge in [0.2, 0.25) is 11.9 Å². The van der Waals surface area contributed by atoms with Gasteiger partial charge in [0.05, 0.1) is 12.3 Å². The number of aliphatic imine (C=N–C) groups is 1. The molecule has 4 N–H and O–H groups in total. The van der Waals surface area contributed by atoms with Crippen LogP contribution in [0.3, 0.4) is 0 Å². The van der Waals surface area contributed by atoms with Gasteiger partial charge in [0.15, 0.2) is 0 Å². The molecule has 0 saturated carbocycles. The van der Waals surface area contributed by atoms with Crippen molar-refractivity contribution in [2.24, 2.45) is 15.8 Å². The van der Waals surface area contributed by atoms with Gasteiger partial charge >= 0.3 is 5.97 Å². The highest BCUT2D eigenvalue weighted by molar-refractivity contribution is 6.30. The number of guanidine groups is 1. The van der Waals surface area contributed by atoms with Gasteiger partial charge in [0.1, 0.15) is 6.42 Å². The minimum Gasteiger partial charge on any atom is -0.481 e. The molecule has 0 spiro atoms. The second-order valence-corrected chi connectivity index (χ2v) is 8.45. The van der Waals surface area contributed by atoms with Crippen LogP contribution in [-0.4, -0.2) is 46.1 Å². The fourth-order valence-electron chi connectivity index (χ4n) is 3.74. The van der Waals surface area contributed by atoms with Crippen LogP contribution in [0.15, 0.2) is 89.0 Å². The van der Waals surface area contributed by atoms with Crippen molar-refractivity contribution in [3.8, 4) is 0 Å². The molecule has 0 radical (unpaired) electrons. The van der Waals surface area contributed by atoms with E-state index in [1.54, 1.807) is 48.5 Å². The molecule has 4 rings (SSSR count). The number of carbonyl (C=O) groups is 3. The summed E-state index contributed by atoms with van der Waals surface area (Å²) in [5.41, 5.74) is 9.49. The molecule has 2 amide bonds. The van der Waals surface area contributed by atoms with E-state index in [2.05, 4.69) is 15.4 Å². The highest BCUT2D eigenvalue weighted by Crippen LogP contribution is 2.29. The lowest BCUT2D eigenvalue weighted by molar-refractivity contribution is -0.139. The first-order valence-electron chi connectivity index (χ1n) is 11.0. The zero-order valence-corrected chi connectivity index (χ0v) is 19.7. The van der Waals surface area contributed by atoms with E-state index in [0.29, 0.717) is 28.5 Å². The first-order valence-corrected chi connectivity index (χ1v) is 11.3. The zero-order chi connectivity index (χ0) is 25.7. The number of hydrogen-bond acceptors (Lipinski definition) is 4. The Labute approximate surface area is 211 Å². The van der Waals surface area contributed by atoms with E-state index in [4.69, 9.17) is 22.4 Å². The van der Waals surface area contributed by atoms with Gasteiger partial charge in [-0.1, -0.05) is 54.1 Å². The number of benzene rings is 3. The van der Waals surface area contributed by atoms with Crippen molar-refractivity contribution in [1.29, 1.82) is 0 Å². The predicted molar refractivity (Wildman–Crippen MR) is 137 cm³/mol. The molecular weight excluding hydrogens is 482 g/mol. The van der Waals surface area contributed by atoms with Gasteiger partial charge in [-0.25, -0.2) is 5.01 Å². The summed E-state index contributed by atoms with van der Waals surface area (Å²) in [5, 5.41) is 18.0. The molecule has 182 valence electrons. The number of carboxylic acid groups (broad SMARTS) is 1. The fraction of sp³-hybridized carbons (Fsp3) is 0.115. The van der Waals surface area contributed by atoms with Crippen LogP contribution in [0.2, 0.25) is 5.02 Å². The van der Waals surface area contributed by atoms with E-state index in [-0.39, 0.29) is 11.9 Å². The van der Waals surface area contributed by atoms with Gasteiger partial charge in [-0.05, 0) is 47.5 Å². The van der Waals surface area contributed by atoms with Gasteiger partial charge in [0, 0.05) is 22.2 Å². The summed E-state index contributed by atoms with van der Waals surface area (Å²) in [6.07, 6.45) is -0.618. The number of anilines is 1. The van der Waals surface area contributed by atoms with Gasteiger partial charge in [-0.2, -0.15) is 10.1 Å². The minimum absolute atomic E-state index is 0.0385. The maximum atomic E-state index is 12.6. The molecule has 1 aliphatic heterocycles. The van der Waals surface area contributed by atoms with E-state index in [0.717, 1.165) is 11.1 Å². The smallest absolute Gasteiger partial charge is 0.312 e. The average molecular weight is 504 g/mol. The van der Waals surface area contributed by atoms with Crippen LogP contribution in [0.5, 0.6) is 0 Å². The molecule has 3 aromatic rings. The number of aliphatic carboxylic acids is 1. The Morgan fingerprint density at radius 3 is 2.33 bits per heavy atom. The molecule has 0 saturated heterocycles. The average Bonchev–Trinajstić information content (AvgIpc) is 3.31. The Morgan fingerprint density at radius 1 is 1.03 bits per heavy atom. The fourth-order valence-corrected chi connectivity index (χ4v) is 3.86. The summed E-state index contributed by atoms with van der Waals surface area (Å²) in [5.74, 6) is -2.52. The van der Waals surface area contributed by atoms with Gasteiger partial charge in [0.25, 0.3) is 5.91 Å². The lowest BCUT2D eigenvalue weighted by Crippen LogP contribution is -2.33. The van der Waals surface area contributed by atoms with Crippen molar-refractivity contribution in [2.75, 3.05) is 11.9 Å². The second kappa shape index (κ2) is 10.8. The largest absolute Gasteiger partial charge is 0.481 e. The van der Waals surface area contributed by atoms with Crippen LogP contribution in [0.25, 0.3) is 0 Å². The molecule has 0 bridgehead atoms. The topological polar surface area (TPSA) is 137 Å². The maximum absolute atomic E-state index is 12.6. The molecule has 1 unspecified atom stereocenters. The van der Waals surface area contributed by atoms with Crippen molar-refractivity contribution in [2.45, 2.75) is 12.3 Å². The lowest BCUT2D eigenvalue weighted by Gasteiger charge is -2.15. The van der Waals surface area contributed by atoms with Crippen LogP contribution in [0.4, 0.5) is 5.69 Å². The lowest BCUT2D eigenvalue weighted by atomic mass is 9.90. The summed E-state index contributed by atoms with van der Waals surface area (Å²) in [6, 6.07) is 23.0. The molecule has 0 fully saturated rings. The highest BCUT2D eigenvalue weighted by Gasteiger charge is 2.31. The van der Waals surface area contributed by atoms with E-state index in [9.17, 15) is 14.4 Å². The van der Waals surface area contributed by atoms with E-state index in [1.807, 2.05) is 30.3 Å². The summed E-state index contributed by atoms with van der Waals surface area (Å²) < 4.78 is 0. The van der Waals surface area contributed by atoms with Crippen LogP contribution >= 0.6 is 11.6 Å². The maximum Gasteiger partial charge on any atom is 0.312 e. The molecule has 10 heteroatoms. The summed E-state index contributed by atoms with van der Waals surface area (Å²) in [4.78, 5) is 39.0. The van der Waals surface area contributed by atoms with Crippen LogP contribution < -0.4 is 11.1 Å². The molecule has 0 aliphatic carbocycles. The number of hydrazone groups is 1. The number of halogens is 1. The summed E-state index contributed by atoms with van der Waals surface area (Å²) >= 11 is 5.89. The standard InChI is InChI=1S/C26H22ClN5O4/c27-19-10-6-18(7-11-19)25(36)30-26(28)32-15-21(16-4-2-1-3-5-16)24(31-32)17-8-12-20(13-9-17)29-22(33)14-23(34)35/h1-13,21H,14-15H2,(H,29,33)(H,34,35)(H2,28,30,36). The number of nitrogens with two attached hydrogens (primary N) is 1. The first kappa shape index (κ1) is 24.6. The number of nitrogens with zero attached hydrogens (tertiary/aromatic N) is 3. The van der Waals surface area contributed by atoms with Crippen molar-refractivity contribution >= 4 is 46.7 Å². The number of rotatable bonds is 6.